The molecule has 0 aliphatic carbocycles. The van der Waals surface area contributed by atoms with Gasteiger partial charge in [0.2, 0.25) is 0 Å². The van der Waals surface area contributed by atoms with Crippen LogP contribution in [0, 0.1) is 31.0 Å². The smallest absolute Gasteiger partial charge is 0.349 e. The van der Waals surface area contributed by atoms with Gasteiger partial charge in [-0.3, -0.25) is 4.79 Å². The van der Waals surface area contributed by atoms with E-state index in [4.69, 9.17) is 9.47 Å². The van der Waals surface area contributed by atoms with E-state index in [9.17, 15) is 19.2 Å². The number of rotatable bonds is 8. The number of halogens is 1. The van der Waals surface area contributed by atoms with Crippen LogP contribution in [0.4, 0.5) is 10.1 Å². The fourth-order valence-electron chi connectivity index (χ4n) is 3.17. The molecule has 0 fully saturated rings. The van der Waals surface area contributed by atoms with Gasteiger partial charge < -0.3 is 19.4 Å². The number of nitrogens with one attached hydrogen (secondary N) is 1. The minimum atomic E-state index is -0.901. The number of benzene rings is 1. The monoisotopic (exact) mass is 413 g/mol. The lowest BCUT2D eigenvalue weighted by molar-refractivity contribution is -0.142. The fraction of sp³-hybridized carbons (Fsp3) is 0.318. The maximum Gasteiger partial charge on any atom is 0.349 e. The van der Waals surface area contributed by atoms with E-state index in [0.717, 1.165) is 11.4 Å². The highest BCUT2D eigenvalue weighted by Crippen LogP contribution is 2.23. The number of aryl methyl sites for hydroxylation is 1. The van der Waals surface area contributed by atoms with Crippen LogP contribution in [0.15, 0.2) is 35.9 Å². The number of ether oxygens (including phenoxy) is 2. The van der Waals surface area contributed by atoms with Crippen LogP contribution in [0.3, 0.4) is 0 Å². The van der Waals surface area contributed by atoms with E-state index in [1.54, 1.807) is 7.11 Å². The van der Waals surface area contributed by atoms with Crippen molar-refractivity contribution in [2.45, 2.75) is 26.8 Å². The number of methoxy groups -OCH3 is 1. The number of amides is 1. The summed E-state index contributed by atoms with van der Waals surface area (Å²) in [5.41, 5.74) is 2.70. The van der Waals surface area contributed by atoms with Gasteiger partial charge in [0.1, 0.15) is 17.5 Å². The van der Waals surface area contributed by atoms with E-state index in [1.165, 1.54) is 30.3 Å². The minimum Gasteiger partial charge on any atom is -0.451 e. The predicted molar refractivity (Wildman–Crippen MR) is 110 cm³/mol. The molecule has 8 heteroatoms. The van der Waals surface area contributed by atoms with Crippen LogP contribution in [-0.2, 0) is 19.1 Å². The minimum absolute atomic E-state index is 0.0878. The third kappa shape index (κ3) is 5.78. The summed E-state index contributed by atoms with van der Waals surface area (Å²) in [5, 5.41) is 11.8. The van der Waals surface area contributed by atoms with Gasteiger partial charge in [-0.15, -0.1) is 0 Å². The van der Waals surface area contributed by atoms with Crippen molar-refractivity contribution in [1.82, 2.24) is 4.57 Å². The molecular weight excluding hydrogens is 389 g/mol. The molecule has 0 unspecified atom stereocenters. The molecule has 1 atom stereocenters. The number of aromatic nitrogens is 1. The largest absolute Gasteiger partial charge is 0.451 e. The Kier molecular flexibility index (Phi) is 7.90. The molecule has 0 saturated heterocycles. The highest BCUT2D eigenvalue weighted by molar-refractivity contribution is 6.00. The second-order valence-electron chi connectivity index (χ2n) is 6.80. The quantitative estimate of drug-likeness (QED) is 0.406. The number of hydrogen-bond donors (Lipinski definition) is 1. The lowest BCUT2D eigenvalue weighted by Gasteiger charge is -2.17. The SMILES string of the molecule is COC[C@@H](C)n1c(C)cc(/C=C(\C#N)C(=O)OCC(=O)Nc2ccc(F)cc2)c1C. The molecule has 1 N–H and O–H groups in total. The Bertz CT molecular complexity index is 987. The van der Waals surface area contributed by atoms with E-state index in [0.29, 0.717) is 17.9 Å². The molecule has 7 nitrogen and oxygen atoms in total. The normalized spacial score (nSPS) is 12.2. The molecule has 1 aromatic carbocycles. The summed E-state index contributed by atoms with van der Waals surface area (Å²) in [6.07, 6.45) is 1.44. The number of nitriles is 1. The maximum absolute atomic E-state index is 12.9. The van der Waals surface area contributed by atoms with Crippen molar-refractivity contribution in [2.24, 2.45) is 0 Å². The van der Waals surface area contributed by atoms with Gasteiger partial charge in [0.05, 0.1) is 12.6 Å². The van der Waals surface area contributed by atoms with Gasteiger partial charge in [-0.25, -0.2) is 9.18 Å². The number of carbonyl (C=O) groups excluding carboxylic acids is 2. The Morgan fingerprint density at radius 1 is 1.30 bits per heavy atom. The van der Waals surface area contributed by atoms with Crippen molar-refractivity contribution in [3.63, 3.8) is 0 Å². The molecule has 0 spiro atoms. The summed E-state index contributed by atoms with van der Waals surface area (Å²) in [4.78, 5) is 24.2. The first-order valence-corrected chi connectivity index (χ1v) is 9.28. The van der Waals surface area contributed by atoms with Gasteiger partial charge in [0.15, 0.2) is 6.61 Å². The molecule has 0 saturated carbocycles. The van der Waals surface area contributed by atoms with Crippen LogP contribution in [-0.4, -0.2) is 36.8 Å². The molecule has 2 rings (SSSR count). The summed E-state index contributed by atoms with van der Waals surface area (Å²) in [6.45, 7) is 5.78. The fourth-order valence-corrected chi connectivity index (χ4v) is 3.17. The molecule has 1 aromatic heterocycles. The van der Waals surface area contributed by atoms with Crippen LogP contribution in [0.1, 0.15) is 29.9 Å². The third-order valence-electron chi connectivity index (χ3n) is 4.47. The molecule has 158 valence electrons. The van der Waals surface area contributed by atoms with Gasteiger partial charge in [-0.2, -0.15) is 5.26 Å². The second kappa shape index (κ2) is 10.4. The van der Waals surface area contributed by atoms with E-state index in [1.807, 2.05) is 32.9 Å². The molecule has 0 bridgehead atoms. The summed E-state index contributed by atoms with van der Waals surface area (Å²) in [6, 6.07) is 8.94. The summed E-state index contributed by atoms with van der Waals surface area (Å²) < 4.78 is 25.1. The average Bonchev–Trinajstić information content (AvgIpc) is 2.99. The number of anilines is 1. The van der Waals surface area contributed by atoms with E-state index in [-0.39, 0.29) is 11.6 Å². The van der Waals surface area contributed by atoms with Crippen molar-refractivity contribution in [3.05, 3.63) is 58.7 Å². The molecule has 30 heavy (non-hydrogen) atoms. The number of esters is 1. The summed E-state index contributed by atoms with van der Waals surface area (Å²) in [7, 11) is 1.63. The van der Waals surface area contributed by atoms with Gasteiger partial charge in [0.25, 0.3) is 5.91 Å². The van der Waals surface area contributed by atoms with Crippen LogP contribution in [0.25, 0.3) is 6.08 Å². The highest BCUT2D eigenvalue weighted by Gasteiger charge is 2.17. The van der Waals surface area contributed by atoms with E-state index >= 15 is 0 Å². The molecular formula is C22H24FN3O4. The van der Waals surface area contributed by atoms with Crippen molar-refractivity contribution in [3.8, 4) is 6.07 Å². The second-order valence-corrected chi connectivity index (χ2v) is 6.80. The number of nitrogens with zero attached hydrogens (tertiary/aromatic N) is 2. The number of carbonyl (C=O) groups is 2. The first-order chi connectivity index (χ1) is 14.3. The zero-order chi connectivity index (χ0) is 22.3. The summed E-state index contributed by atoms with van der Waals surface area (Å²) >= 11 is 0. The standard InChI is InChI=1S/C22H24FN3O4/c1-14-9-17(16(3)26(14)15(2)12-29-4)10-18(11-24)22(28)30-13-21(27)25-20-7-5-19(23)6-8-20/h5-10,15H,12-13H2,1-4H3,(H,25,27)/b18-10+/t15-/m1/s1. The molecule has 0 radical (unpaired) electrons. The molecule has 2 aromatic rings. The Morgan fingerprint density at radius 2 is 1.97 bits per heavy atom. The number of hydrogen-bond acceptors (Lipinski definition) is 5. The molecule has 0 aliphatic rings. The average molecular weight is 413 g/mol. The lowest BCUT2D eigenvalue weighted by Crippen LogP contribution is -2.21. The molecule has 0 aliphatic heterocycles. The Hall–Kier alpha value is -3.44. The summed E-state index contributed by atoms with van der Waals surface area (Å²) in [5.74, 6) is -1.93. The van der Waals surface area contributed by atoms with Crippen LogP contribution in [0.2, 0.25) is 0 Å². The van der Waals surface area contributed by atoms with Crippen molar-refractivity contribution in [1.29, 1.82) is 5.26 Å². The Labute approximate surface area is 174 Å². The van der Waals surface area contributed by atoms with Crippen LogP contribution >= 0.6 is 0 Å². The topological polar surface area (TPSA) is 93.3 Å². The Morgan fingerprint density at radius 3 is 2.57 bits per heavy atom. The van der Waals surface area contributed by atoms with Crippen molar-refractivity contribution < 1.29 is 23.5 Å². The highest BCUT2D eigenvalue weighted by atomic mass is 19.1. The van der Waals surface area contributed by atoms with Crippen LogP contribution in [0.5, 0.6) is 0 Å². The lowest BCUT2D eigenvalue weighted by atomic mass is 10.1. The van der Waals surface area contributed by atoms with Crippen molar-refractivity contribution in [2.75, 3.05) is 25.6 Å². The van der Waals surface area contributed by atoms with Gasteiger partial charge >= 0.3 is 5.97 Å². The zero-order valence-electron chi connectivity index (χ0n) is 17.4. The molecule has 1 heterocycles. The maximum atomic E-state index is 12.9. The predicted octanol–water partition coefficient (Wildman–Crippen LogP) is 3.54. The van der Waals surface area contributed by atoms with Crippen molar-refractivity contribution >= 4 is 23.6 Å². The first-order valence-electron chi connectivity index (χ1n) is 9.28. The Balaban J connectivity index is 2.06. The van der Waals surface area contributed by atoms with Gasteiger partial charge in [-0.05, 0) is 62.7 Å². The molecule has 1 amide bonds. The zero-order valence-corrected chi connectivity index (χ0v) is 17.4. The van der Waals surface area contributed by atoms with Gasteiger partial charge in [-0.1, -0.05) is 0 Å². The van der Waals surface area contributed by atoms with Crippen LogP contribution < -0.4 is 5.32 Å². The van der Waals surface area contributed by atoms with E-state index in [2.05, 4.69) is 9.88 Å². The van der Waals surface area contributed by atoms with E-state index < -0.39 is 24.3 Å². The van der Waals surface area contributed by atoms with Gasteiger partial charge in [0, 0.05) is 24.2 Å². The third-order valence-corrected chi connectivity index (χ3v) is 4.47. The first kappa shape index (κ1) is 22.8.